The number of phenolic OH excluding ortho intramolecular Hbond substituents is 1. The number of rotatable bonds is 6. The zero-order valence-electron chi connectivity index (χ0n) is 13.2. The van der Waals surface area contributed by atoms with Crippen molar-refractivity contribution in [3.05, 3.63) is 28.8 Å². The Morgan fingerprint density at radius 3 is 2.41 bits per heavy atom. The van der Waals surface area contributed by atoms with Gasteiger partial charge in [0, 0.05) is 0 Å². The molecular formula is C16H23NO5. The lowest BCUT2D eigenvalue weighted by atomic mass is 9.96. The molecule has 0 amide bonds. The molecule has 122 valence electrons. The maximum Gasteiger partial charge on any atom is 0.516 e. The molecule has 1 atom stereocenters. The minimum absolute atomic E-state index is 0.161. The van der Waals surface area contributed by atoms with Gasteiger partial charge in [-0.05, 0) is 55.5 Å². The summed E-state index contributed by atoms with van der Waals surface area (Å²) >= 11 is 0. The van der Waals surface area contributed by atoms with Gasteiger partial charge in [-0.1, -0.05) is 13.3 Å². The quantitative estimate of drug-likeness (QED) is 0.475. The van der Waals surface area contributed by atoms with E-state index in [1.54, 1.807) is 12.1 Å². The first-order valence-electron chi connectivity index (χ1n) is 7.28. The van der Waals surface area contributed by atoms with E-state index in [0.717, 1.165) is 23.1 Å². The number of aryl methyl sites for hydroxylation is 2. The minimum Gasteiger partial charge on any atom is -0.508 e. The number of hydrogen-bond acceptors (Lipinski definition) is 6. The number of benzene rings is 1. The molecule has 0 unspecified atom stereocenters. The van der Waals surface area contributed by atoms with E-state index >= 15 is 0 Å². The Hall–Kier alpha value is -2.08. The number of phenols is 1. The number of unbranched alkanes of at least 4 members (excludes halogenated alkanes) is 1. The van der Waals surface area contributed by atoms with Crippen LogP contribution >= 0.6 is 0 Å². The standard InChI is InChI=1S/C16H23NO5/c1-4-5-6-21-16(20)22-15(19)14(17)9-13-10(2)7-12(18)8-11(13)3/h7-8,14,18H,4-6,9,17H2,1-3H3/t14-/m0/s1. The average molecular weight is 309 g/mol. The molecule has 0 aromatic heterocycles. The Labute approximate surface area is 130 Å². The molecule has 0 spiro atoms. The molecule has 0 saturated heterocycles. The van der Waals surface area contributed by atoms with Crippen molar-refractivity contribution in [3.8, 4) is 5.75 Å². The molecule has 6 nitrogen and oxygen atoms in total. The van der Waals surface area contributed by atoms with Gasteiger partial charge in [0.05, 0.1) is 6.61 Å². The zero-order valence-corrected chi connectivity index (χ0v) is 13.2. The topological polar surface area (TPSA) is 98.9 Å². The number of ether oxygens (including phenoxy) is 2. The molecule has 0 aliphatic heterocycles. The van der Waals surface area contributed by atoms with Crippen LogP contribution in [-0.4, -0.2) is 29.9 Å². The van der Waals surface area contributed by atoms with Crippen LogP contribution in [-0.2, 0) is 20.7 Å². The van der Waals surface area contributed by atoms with E-state index in [1.165, 1.54) is 0 Å². The van der Waals surface area contributed by atoms with Gasteiger partial charge in [0.25, 0.3) is 0 Å². The predicted octanol–water partition coefficient (Wildman–Crippen LogP) is 2.36. The summed E-state index contributed by atoms with van der Waals surface area (Å²) in [4.78, 5) is 23.1. The molecule has 0 aliphatic rings. The van der Waals surface area contributed by atoms with Crippen LogP contribution in [0.25, 0.3) is 0 Å². The maximum absolute atomic E-state index is 11.8. The number of aromatic hydroxyl groups is 1. The molecule has 1 aromatic carbocycles. The third-order valence-corrected chi connectivity index (χ3v) is 3.31. The maximum atomic E-state index is 11.8. The minimum atomic E-state index is -1.02. The summed E-state index contributed by atoms with van der Waals surface area (Å²) in [5.74, 6) is -0.664. The van der Waals surface area contributed by atoms with Crippen LogP contribution in [0.2, 0.25) is 0 Å². The Kier molecular flexibility index (Phi) is 6.85. The SMILES string of the molecule is CCCCOC(=O)OC(=O)[C@@H](N)Cc1c(C)cc(O)cc1C. The first kappa shape index (κ1) is 18.0. The van der Waals surface area contributed by atoms with E-state index < -0.39 is 18.2 Å². The lowest BCUT2D eigenvalue weighted by molar-refractivity contribution is -0.141. The smallest absolute Gasteiger partial charge is 0.508 e. The second-order valence-corrected chi connectivity index (χ2v) is 5.24. The number of hydrogen-bond donors (Lipinski definition) is 2. The van der Waals surface area contributed by atoms with Crippen LogP contribution in [0.1, 0.15) is 36.5 Å². The average Bonchev–Trinajstić information content (AvgIpc) is 2.42. The second-order valence-electron chi connectivity index (χ2n) is 5.24. The Morgan fingerprint density at radius 2 is 1.86 bits per heavy atom. The van der Waals surface area contributed by atoms with Gasteiger partial charge >= 0.3 is 12.1 Å². The number of nitrogens with two attached hydrogens (primary N) is 1. The molecule has 1 rings (SSSR count). The van der Waals surface area contributed by atoms with Crippen molar-refractivity contribution in [3.63, 3.8) is 0 Å². The van der Waals surface area contributed by atoms with Crippen molar-refractivity contribution in [1.29, 1.82) is 0 Å². The fourth-order valence-corrected chi connectivity index (χ4v) is 2.08. The summed E-state index contributed by atoms with van der Waals surface area (Å²) in [6.45, 7) is 5.81. The van der Waals surface area contributed by atoms with Crippen LogP contribution in [0, 0.1) is 13.8 Å². The van der Waals surface area contributed by atoms with Gasteiger partial charge in [0.2, 0.25) is 0 Å². The number of carbonyl (C=O) groups excluding carboxylic acids is 2. The molecule has 6 heteroatoms. The molecule has 0 aliphatic carbocycles. The van der Waals surface area contributed by atoms with Crippen molar-refractivity contribution in [2.45, 2.75) is 46.1 Å². The van der Waals surface area contributed by atoms with E-state index in [2.05, 4.69) is 4.74 Å². The molecule has 3 N–H and O–H groups in total. The number of esters is 1. The summed E-state index contributed by atoms with van der Waals surface area (Å²) in [7, 11) is 0. The summed E-state index contributed by atoms with van der Waals surface area (Å²) in [6, 6.07) is 2.22. The first-order chi connectivity index (χ1) is 10.3. The third-order valence-electron chi connectivity index (χ3n) is 3.31. The lowest BCUT2D eigenvalue weighted by Crippen LogP contribution is -2.36. The van der Waals surface area contributed by atoms with Gasteiger partial charge in [-0.3, -0.25) is 0 Å². The van der Waals surface area contributed by atoms with Gasteiger partial charge < -0.3 is 20.3 Å². The van der Waals surface area contributed by atoms with Crippen LogP contribution in [0.5, 0.6) is 5.75 Å². The monoisotopic (exact) mass is 309 g/mol. The number of carbonyl (C=O) groups is 2. The highest BCUT2D eigenvalue weighted by atomic mass is 16.7. The van der Waals surface area contributed by atoms with E-state index in [1.807, 2.05) is 20.8 Å². The molecule has 0 bridgehead atoms. The third kappa shape index (κ3) is 5.37. The van der Waals surface area contributed by atoms with Gasteiger partial charge in [-0.25, -0.2) is 9.59 Å². The fourth-order valence-electron chi connectivity index (χ4n) is 2.08. The van der Waals surface area contributed by atoms with Gasteiger partial charge in [-0.2, -0.15) is 0 Å². The van der Waals surface area contributed by atoms with Gasteiger partial charge in [0.1, 0.15) is 11.8 Å². The molecule has 0 saturated carbocycles. The Balaban J connectivity index is 2.60. The fraction of sp³-hybridized carbons (Fsp3) is 0.500. The zero-order chi connectivity index (χ0) is 16.7. The highest BCUT2D eigenvalue weighted by molar-refractivity contribution is 5.85. The molecule has 1 aromatic rings. The van der Waals surface area contributed by atoms with Crippen molar-refractivity contribution < 1.29 is 24.2 Å². The van der Waals surface area contributed by atoms with Crippen molar-refractivity contribution >= 4 is 12.1 Å². The summed E-state index contributed by atoms with van der Waals surface area (Å²) in [6.07, 6.45) is 0.786. The van der Waals surface area contributed by atoms with E-state index in [4.69, 9.17) is 10.5 Å². The van der Waals surface area contributed by atoms with Gasteiger partial charge in [0.15, 0.2) is 0 Å². The predicted molar refractivity (Wildman–Crippen MR) is 81.6 cm³/mol. The molecular weight excluding hydrogens is 286 g/mol. The van der Waals surface area contributed by atoms with E-state index in [0.29, 0.717) is 6.42 Å². The molecule has 0 heterocycles. The summed E-state index contributed by atoms with van der Waals surface area (Å²) in [5, 5.41) is 9.50. The van der Waals surface area contributed by atoms with Crippen molar-refractivity contribution in [1.82, 2.24) is 0 Å². The molecule has 0 fully saturated rings. The highest BCUT2D eigenvalue weighted by Crippen LogP contribution is 2.21. The molecule has 0 radical (unpaired) electrons. The Bertz CT molecular complexity index is 518. The van der Waals surface area contributed by atoms with Crippen LogP contribution in [0.15, 0.2) is 12.1 Å². The highest BCUT2D eigenvalue weighted by Gasteiger charge is 2.21. The van der Waals surface area contributed by atoms with Crippen LogP contribution in [0.4, 0.5) is 4.79 Å². The van der Waals surface area contributed by atoms with E-state index in [-0.39, 0.29) is 18.8 Å². The largest absolute Gasteiger partial charge is 0.516 e. The van der Waals surface area contributed by atoms with Crippen molar-refractivity contribution in [2.24, 2.45) is 5.73 Å². The van der Waals surface area contributed by atoms with Crippen LogP contribution in [0.3, 0.4) is 0 Å². The second kappa shape index (κ2) is 8.38. The van der Waals surface area contributed by atoms with Gasteiger partial charge in [-0.15, -0.1) is 0 Å². The first-order valence-corrected chi connectivity index (χ1v) is 7.28. The Morgan fingerprint density at radius 1 is 1.27 bits per heavy atom. The summed E-state index contributed by atoms with van der Waals surface area (Å²) < 4.78 is 9.31. The normalized spacial score (nSPS) is 11.8. The molecule has 22 heavy (non-hydrogen) atoms. The van der Waals surface area contributed by atoms with E-state index in [9.17, 15) is 14.7 Å². The lowest BCUT2D eigenvalue weighted by Gasteiger charge is -2.14. The summed E-state index contributed by atoms with van der Waals surface area (Å²) in [5.41, 5.74) is 8.28. The van der Waals surface area contributed by atoms with Crippen LogP contribution < -0.4 is 5.73 Å². The van der Waals surface area contributed by atoms with Crippen molar-refractivity contribution in [2.75, 3.05) is 6.61 Å².